The molecule has 9 heteroatoms. The fraction of sp³-hybridized carbons (Fsp3) is 0.308. The number of ether oxygens (including phenoxy) is 1. The van der Waals surface area contributed by atoms with E-state index in [0.29, 0.717) is 48.1 Å². The van der Waals surface area contributed by atoms with Crippen LogP contribution in [0.3, 0.4) is 0 Å². The van der Waals surface area contributed by atoms with Crippen molar-refractivity contribution in [2.75, 3.05) is 30.3 Å². The zero-order valence-electron chi connectivity index (χ0n) is 19.9. The first kappa shape index (κ1) is 25.6. The lowest BCUT2D eigenvalue weighted by Gasteiger charge is -2.11. The molecule has 1 amide bonds. The fourth-order valence-corrected chi connectivity index (χ4v) is 3.39. The minimum absolute atomic E-state index is 0.112. The Bertz CT molecular complexity index is 1120. The van der Waals surface area contributed by atoms with Crippen LogP contribution in [0.2, 0.25) is 0 Å². The van der Waals surface area contributed by atoms with Crippen LogP contribution in [0, 0.1) is 0 Å². The van der Waals surface area contributed by atoms with Crippen LogP contribution in [-0.2, 0) is 4.74 Å². The lowest BCUT2D eigenvalue weighted by molar-refractivity contribution is 0.0526. The van der Waals surface area contributed by atoms with E-state index in [2.05, 4.69) is 25.9 Å². The van der Waals surface area contributed by atoms with Crippen LogP contribution in [0.15, 0.2) is 60.9 Å². The van der Waals surface area contributed by atoms with E-state index in [1.807, 2.05) is 18.2 Å². The van der Waals surface area contributed by atoms with E-state index in [-0.39, 0.29) is 11.9 Å². The van der Waals surface area contributed by atoms with E-state index in [0.717, 1.165) is 31.4 Å². The first-order valence-electron chi connectivity index (χ1n) is 11.8. The second-order valence-corrected chi connectivity index (χ2v) is 7.88. The number of anilines is 4. The number of nitrogens with two attached hydrogens (primary N) is 1. The summed E-state index contributed by atoms with van der Waals surface area (Å²) >= 11 is 0. The summed E-state index contributed by atoms with van der Waals surface area (Å²) in [7, 11) is 0. The normalized spacial score (nSPS) is 10.5. The Morgan fingerprint density at radius 1 is 0.857 bits per heavy atom. The van der Waals surface area contributed by atoms with Gasteiger partial charge in [-0.15, -0.1) is 0 Å². The van der Waals surface area contributed by atoms with Crippen LogP contribution < -0.4 is 21.7 Å². The van der Waals surface area contributed by atoms with Crippen molar-refractivity contribution in [1.82, 2.24) is 15.3 Å². The third kappa shape index (κ3) is 8.38. The molecule has 0 fully saturated rings. The van der Waals surface area contributed by atoms with E-state index in [9.17, 15) is 9.59 Å². The van der Waals surface area contributed by atoms with Gasteiger partial charge < -0.3 is 26.4 Å². The maximum Gasteiger partial charge on any atom is 0.338 e. The van der Waals surface area contributed by atoms with Crippen molar-refractivity contribution >= 4 is 34.9 Å². The molecule has 0 saturated heterocycles. The third-order valence-electron chi connectivity index (χ3n) is 5.13. The monoisotopic (exact) mass is 476 g/mol. The van der Waals surface area contributed by atoms with Crippen LogP contribution in [0.4, 0.5) is 23.0 Å². The Morgan fingerprint density at radius 3 is 2.14 bits per heavy atom. The largest absolute Gasteiger partial charge is 0.462 e. The van der Waals surface area contributed by atoms with Gasteiger partial charge in [-0.25, -0.2) is 14.8 Å². The molecule has 0 radical (unpaired) electrons. The molecule has 2 aromatic carbocycles. The minimum atomic E-state index is -0.378. The Kier molecular flexibility index (Phi) is 10.0. The Hall–Kier alpha value is -3.98. The topological polar surface area (TPSA) is 131 Å². The van der Waals surface area contributed by atoms with Crippen LogP contribution in [-0.4, -0.2) is 41.5 Å². The summed E-state index contributed by atoms with van der Waals surface area (Å²) in [6.45, 7) is 3.43. The van der Waals surface area contributed by atoms with E-state index in [1.165, 1.54) is 6.33 Å². The number of nitrogens with one attached hydrogen (secondary N) is 3. The zero-order valence-corrected chi connectivity index (χ0v) is 19.9. The van der Waals surface area contributed by atoms with Gasteiger partial charge in [0, 0.05) is 29.5 Å². The smallest absolute Gasteiger partial charge is 0.338 e. The molecule has 0 aliphatic rings. The molecular formula is C26H32N6O3. The summed E-state index contributed by atoms with van der Waals surface area (Å²) in [4.78, 5) is 33.0. The molecule has 0 unspecified atom stereocenters. The molecule has 1 aromatic heterocycles. The van der Waals surface area contributed by atoms with Crippen molar-refractivity contribution in [3.05, 3.63) is 72.1 Å². The minimum Gasteiger partial charge on any atom is -0.462 e. The van der Waals surface area contributed by atoms with E-state index in [4.69, 9.17) is 10.5 Å². The molecule has 35 heavy (non-hydrogen) atoms. The molecule has 5 N–H and O–H groups in total. The number of esters is 1. The molecule has 9 nitrogen and oxygen atoms in total. The number of unbranched alkanes of at least 4 members (excludes halogenated alkanes) is 3. The van der Waals surface area contributed by atoms with Crippen molar-refractivity contribution in [2.24, 2.45) is 5.73 Å². The number of nitrogens with zero attached hydrogens (tertiary/aromatic N) is 2. The summed E-state index contributed by atoms with van der Waals surface area (Å²) in [5.41, 5.74) is 7.95. The second-order valence-electron chi connectivity index (χ2n) is 7.88. The second kappa shape index (κ2) is 13.7. The molecule has 1 heterocycles. The number of carbonyl (C=O) groups is 2. The van der Waals surface area contributed by atoms with E-state index >= 15 is 0 Å². The lowest BCUT2D eigenvalue weighted by Crippen LogP contribution is -2.24. The van der Waals surface area contributed by atoms with Gasteiger partial charge in [0.25, 0.3) is 5.91 Å². The molecule has 0 aliphatic carbocycles. The Morgan fingerprint density at radius 2 is 1.49 bits per heavy atom. The zero-order chi connectivity index (χ0) is 24.9. The van der Waals surface area contributed by atoms with Gasteiger partial charge in [-0.3, -0.25) is 4.79 Å². The average Bonchev–Trinajstić information content (AvgIpc) is 2.87. The molecule has 0 bridgehead atoms. The summed E-state index contributed by atoms with van der Waals surface area (Å²) < 4.78 is 5.05. The predicted octanol–water partition coefficient (Wildman–Crippen LogP) is 4.39. The Balaban J connectivity index is 1.59. The highest BCUT2D eigenvalue weighted by Gasteiger charge is 2.09. The van der Waals surface area contributed by atoms with E-state index in [1.54, 1.807) is 43.3 Å². The van der Waals surface area contributed by atoms with Gasteiger partial charge in [-0.2, -0.15) is 0 Å². The maximum absolute atomic E-state index is 12.5. The predicted molar refractivity (Wildman–Crippen MR) is 137 cm³/mol. The van der Waals surface area contributed by atoms with Gasteiger partial charge in [0.1, 0.15) is 18.0 Å². The number of hydrogen-bond acceptors (Lipinski definition) is 8. The van der Waals surface area contributed by atoms with Crippen molar-refractivity contribution in [3.63, 3.8) is 0 Å². The lowest BCUT2D eigenvalue weighted by atomic mass is 10.1. The number of benzene rings is 2. The summed E-state index contributed by atoms with van der Waals surface area (Å²) in [5, 5.41) is 9.33. The average molecular weight is 477 g/mol. The van der Waals surface area contributed by atoms with Crippen molar-refractivity contribution in [2.45, 2.75) is 32.6 Å². The molecule has 0 aliphatic heterocycles. The number of carbonyl (C=O) groups excluding carboxylic acids is 2. The van der Waals surface area contributed by atoms with Gasteiger partial charge >= 0.3 is 5.97 Å². The highest BCUT2D eigenvalue weighted by atomic mass is 16.5. The van der Waals surface area contributed by atoms with Crippen molar-refractivity contribution < 1.29 is 14.3 Å². The number of hydrogen-bond donors (Lipinski definition) is 4. The molecule has 0 atom stereocenters. The molecule has 3 aromatic rings. The summed E-state index contributed by atoms with van der Waals surface area (Å²) in [6.07, 6.45) is 5.51. The highest BCUT2D eigenvalue weighted by molar-refractivity contribution is 5.95. The quantitative estimate of drug-likeness (QED) is 0.211. The molecule has 184 valence electrons. The van der Waals surface area contributed by atoms with Gasteiger partial charge in [0.15, 0.2) is 0 Å². The van der Waals surface area contributed by atoms with Crippen molar-refractivity contribution in [3.8, 4) is 0 Å². The SMILES string of the molecule is CCOC(=O)c1cccc(Nc2cc(Nc3cccc(C(=O)NCCCCCCN)c3)ncn2)c1. The fourth-order valence-electron chi connectivity index (χ4n) is 3.39. The number of rotatable bonds is 13. The van der Waals surface area contributed by atoms with Gasteiger partial charge in [-0.1, -0.05) is 25.0 Å². The standard InChI is InChI=1S/C26H32N6O3/c1-2-35-26(34)20-10-8-12-22(16-20)32-24-17-23(29-18-30-24)31-21-11-7-9-19(15-21)25(33)28-14-6-4-3-5-13-27/h7-12,15-18H,2-6,13-14,27H2,1H3,(H,28,33)(H2,29,30,31,32). The van der Waals surface area contributed by atoms with Crippen molar-refractivity contribution in [1.29, 1.82) is 0 Å². The maximum atomic E-state index is 12.5. The molecular weight excluding hydrogens is 444 g/mol. The Labute approximate surface area is 205 Å². The number of amides is 1. The van der Waals surface area contributed by atoms with E-state index < -0.39 is 0 Å². The number of aromatic nitrogens is 2. The summed E-state index contributed by atoms with van der Waals surface area (Å²) in [6, 6.07) is 16.0. The first-order valence-corrected chi connectivity index (χ1v) is 11.8. The molecule has 0 spiro atoms. The van der Waals surface area contributed by atoms with Crippen LogP contribution in [0.5, 0.6) is 0 Å². The molecule has 0 saturated carbocycles. The van der Waals surface area contributed by atoms with Gasteiger partial charge in [0.2, 0.25) is 0 Å². The van der Waals surface area contributed by atoms with Crippen LogP contribution >= 0.6 is 0 Å². The highest BCUT2D eigenvalue weighted by Crippen LogP contribution is 2.21. The van der Waals surface area contributed by atoms with Crippen LogP contribution in [0.1, 0.15) is 53.3 Å². The summed E-state index contributed by atoms with van der Waals surface area (Å²) in [5.74, 6) is 0.615. The van der Waals surface area contributed by atoms with Crippen LogP contribution in [0.25, 0.3) is 0 Å². The molecule has 3 rings (SSSR count). The first-order chi connectivity index (χ1) is 17.1. The van der Waals surface area contributed by atoms with Gasteiger partial charge in [0.05, 0.1) is 12.2 Å². The third-order valence-corrected chi connectivity index (χ3v) is 5.13. The van der Waals surface area contributed by atoms with Gasteiger partial charge in [-0.05, 0) is 62.7 Å².